The molecule has 0 bridgehead atoms. The quantitative estimate of drug-likeness (QED) is 0.676. The van der Waals surface area contributed by atoms with E-state index in [2.05, 4.69) is 20.6 Å². The second-order valence-corrected chi connectivity index (χ2v) is 5.70. The van der Waals surface area contributed by atoms with Gasteiger partial charge in [0.25, 0.3) is 5.91 Å². The molecule has 0 saturated carbocycles. The van der Waals surface area contributed by atoms with E-state index in [1.807, 2.05) is 6.07 Å². The molecule has 0 aliphatic carbocycles. The van der Waals surface area contributed by atoms with E-state index in [0.29, 0.717) is 22.8 Å². The van der Waals surface area contributed by atoms with E-state index < -0.39 is 0 Å². The molecule has 27 heavy (non-hydrogen) atoms. The molecular weight excluding hydrogens is 342 g/mol. The third-order valence-corrected chi connectivity index (χ3v) is 3.71. The number of hydrogen-bond acceptors (Lipinski definition) is 6. The highest BCUT2D eigenvalue weighted by molar-refractivity contribution is 6.04. The van der Waals surface area contributed by atoms with E-state index in [9.17, 15) is 9.59 Å². The van der Waals surface area contributed by atoms with Crippen LogP contribution < -0.4 is 10.6 Å². The Morgan fingerprint density at radius 2 is 1.67 bits per heavy atom. The van der Waals surface area contributed by atoms with Crippen molar-refractivity contribution in [3.63, 3.8) is 0 Å². The second kappa shape index (κ2) is 7.89. The Morgan fingerprint density at radius 3 is 2.30 bits per heavy atom. The molecule has 2 N–H and O–H groups in total. The Kier molecular flexibility index (Phi) is 5.19. The molecule has 2 aromatic carbocycles. The van der Waals surface area contributed by atoms with Crippen LogP contribution in [0.1, 0.15) is 33.2 Å². The first-order valence-corrected chi connectivity index (χ1v) is 8.07. The van der Waals surface area contributed by atoms with E-state index in [4.69, 9.17) is 5.26 Å². The molecule has 1 aromatic heterocycles. The summed E-state index contributed by atoms with van der Waals surface area (Å²) < 4.78 is 0. The molecular formula is C20H15N5O2. The van der Waals surface area contributed by atoms with E-state index in [1.54, 1.807) is 48.5 Å². The average molecular weight is 357 g/mol. The molecule has 0 saturated heterocycles. The van der Waals surface area contributed by atoms with Crippen molar-refractivity contribution < 1.29 is 9.59 Å². The maximum absolute atomic E-state index is 12.3. The van der Waals surface area contributed by atoms with Crippen LogP contribution in [-0.4, -0.2) is 21.7 Å². The lowest BCUT2D eigenvalue weighted by atomic mass is 10.1. The van der Waals surface area contributed by atoms with Gasteiger partial charge < -0.3 is 10.6 Å². The molecule has 0 spiro atoms. The minimum absolute atomic E-state index is 0.00604. The number of nitrogens with zero attached hydrogens (tertiary/aromatic N) is 3. The Bertz CT molecular complexity index is 1020. The van der Waals surface area contributed by atoms with Crippen LogP contribution in [0, 0.1) is 11.3 Å². The molecule has 0 atom stereocenters. The van der Waals surface area contributed by atoms with Crippen LogP contribution in [0.25, 0.3) is 0 Å². The summed E-state index contributed by atoms with van der Waals surface area (Å²) in [5.74, 6) is -0.0514. The van der Waals surface area contributed by atoms with Crippen LogP contribution >= 0.6 is 0 Å². The zero-order chi connectivity index (χ0) is 19.2. The number of ketones is 1. The smallest absolute Gasteiger partial charge is 0.258 e. The van der Waals surface area contributed by atoms with Gasteiger partial charge in [-0.05, 0) is 49.4 Å². The molecule has 1 heterocycles. The summed E-state index contributed by atoms with van der Waals surface area (Å²) >= 11 is 0. The van der Waals surface area contributed by atoms with E-state index in [1.165, 1.54) is 19.3 Å². The van der Waals surface area contributed by atoms with Gasteiger partial charge in [-0.25, -0.2) is 9.97 Å². The molecule has 1 amide bonds. The SMILES string of the molecule is CC(=O)c1ccc(Nc2ncc(C(=O)Nc3cccc(C#N)c3)cn2)cc1. The summed E-state index contributed by atoms with van der Waals surface area (Å²) in [6.45, 7) is 1.51. The van der Waals surface area contributed by atoms with Crippen molar-refractivity contribution in [1.29, 1.82) is 5.26 Å². The van der Waals surface area contributed by atoms with E-state index in [-0.39, 0.29) is 17.3 Å². The lowest BCUT2D eigenvalue weighted by Crippen LogP contribution is -2.13. The van der Waals surface area contributed by atoms with Crippen LogP contribution in [0.2, 0.25) is 0 Å². The van der Waals surface area contributed by atoms with Gasteiger partial charge in [0.2, 0.25) is 5.95 Å². The molecule has 0 fully saturated rings. The second-order valence-electron chi connectivity index (χ2n) is 5.70. The summed E-state index contributed by atoms with van der Waals surface area (Å²) in [5, 5.41) is 14.6. The number of nitriles is 1. The van der Waals surface area contributed by atoms with Crippen molar-refractivity contribution in [2.45, 2.75) is 6.92 Å². The maximum Gasteiger partial charge on any atom is 0.258 e. The number of benzene rings is 2. The number of aromatic nitrogens is 2. The molecule has 132 valence electrons. The number of carbonyl (C=O) groups is 2. The third kappa shape index (κ3) is 4.52. The normalized spacial score (nSPS) is 9.93. The van der Waals surface area contributed by atoms with Gasteiger partial charge in [0.15, 0.2) is 5.78 Å². The van der Waals surface area contributed by atoms with Crippen LogP contribution in [-0.2, 0) is 0 Å². The van der Waals surface area contributed by atoms with Gasteiger partial charge in [-0.3, -0.25) is 9.59 Å². The van der Waals surface area contributed by atoms with Gasteiger partial charge in [-0.15, -0.1) is 0 Å². The number of Topliss-reactive ketones (excluding diaryl/α,β-unsaturated/α-hetero) is 1. The standard InChI is InChI=1S/C20H15N5O2/c1-13(26)15-5-7-17(8-6-15)25-20-22-11-16(12-23-20)19(27)24-18-4-2-3-14(9-18)10-21/h2-9,11-12H,1H3,(H,24,27)(H,22,23,25). The van der Waals surface area contributed by atoms with E-state index in [0.717, 1.165) is 5.69 Å². The van der Waals surface area contributed by atoms with Gasteiger partial charge in [0, 0.05) is 29.3 Å². The van der Waals surface area contributed by atoms with Crippen molar-refractivity contribution in [1.82, 2.24) is 9.97 Å². The fourth-order valence-corrected chi connectivity index (χ4v) is 2.30. The molecule has 0 aliphatic rings. The fourth-order valence-electron chi connectivity index (χ4n) is 2.30. The Hall–Kier alpha value is -4.05. The Morgan fingerprint density at radius 1 is 0.963 bits per heavy atom. The molecule has 0 unspecified atom stereocenters. The molecule has 7 heteroatoms. The number of amides is 1. The monoisotopic (exact) mass is 357 g/mol. The van der Waals surface area contributed by atoms with Crippen molar-refractivity contribution >= 4 is 29.0 Å². The van der Waals surface area contributed by atoms with Gasteiger partial charge >= 0.3 is 0 Å². The molecule has 3 aromatic rings. The lowest BCUT2D eigenvalue weighted by Gasteiger charge is -2.07. The highest BCUT2D eigenvalue weighted by Crippen LogP contribution is 2.15. The number of rotatable bonds is 5. The summed E-state index contributed by atoms with van der Waals surface area (Å²) in [4.78, 5) is 31.8. The predicted molar refractivity (Wildman–Crippen MR) is 101 cm³/mol. The number of carbonyl (C=O) groups excluding carboxylic acids is 2. The predicted octanol–water partition coefficient (Wildman–Crippen LogP) is 3.55. The molecule has 7 nitrogen and oxygen atoms in total. The van der Waals surface area contributed by atoms with Crippen LogP contribution in [0.4, 0.5) is 17.3 Å². The van der Waals surface area contributed by atoms with Crippen molar-refractivity contribution in [2.24, 2.45) is 0 Å². The largest absolute Gasteiger partial charge is 0.324 e. The minimum Gasteiger partial charge on any atom is -0.324 e. The lowest BCUT2D eigenvalue weighted by molar-refractivity contribution is 0.101. The van der Waals surface area contributed by atoms with Crippen LogP contribution in [0.15, 0.2) is 60.9 Å². The summed E-state index contributed by atoms with van der Waals surface area (Å²) in [6, 6.07) is 15.6. The summed E-state index contributed by atoms with van der Waals surface area (Å²) in [6.07, 6.45) is 2.81. The van der Waals surface area contributed by atoms with Crippen molar-refractivity contribution in [3.8, 4) is 6.07 Å². The number of nitrogens with one attached hydrogen (secondary N) is 2. The molecule has 0 aliphatic heterocycles. The van der Waals surface area contributed by atoms with Crippen molar-refractivity contribution in [3.05, 3.63) is 77.6 Å². The highest BCUT2D eigenvalue weighted by Gasteiger charge is 2.08. The number of anilines is 3. The molecule has 3 rings (SSSR count). The minimum atomic E-state index is -0.373. The first kappa shape index (κ1) is 17.8. The first-order valence-electron chi connectivity index (χ1n) is 8.07. The zero-order valence-corrected chi connectivity index (χ0v) is 14.4. The van der Waals surface area contributed by atoms with Crippen LogP contribution in [0.3, 0.4) is 0 Å². The third-order valence-electron chi connectivity index (χ3n) is 3.71. The van der Waals surface area contributed by atoms with Gasteiger partial charge in [-0.1, -0.05) is 6.07 Å². The van der Waals surface area contributed by atoms with Gasteiger partial charge in [-0.2, -0.15) is 5.26 Å². The molecule has 0 radical (unpaired) electrons. The highest BCUT2D eigenvalue weighted by atomic mass is 16.1. The fraction of sp³-hybridized carbons (Fsp3) is 0.0500. The summed E-state index contributed by atoms with van der Waals surface area (Å²) in [5.41, 5.74) is 2.61. The average Bonchev–Trinajstić information content (AvgIpc) is 2.69. The maximum atomic E-state index is 12.3. The Labute approximate surface area is 155 Å². The number of hydrogen-bond donors (Lipinski definition) is 2. The first-order chi connectivity index (χ1) is 13.0. The van der Waals surface area contributed by atoms with Crippen molar-refractivity contribution in [2.75, 3.05) is 10.6 Å². The Balaban J connectivity index is 1.66. The van der Waals surface area contributed by atoms with E-state index >= 15 is 0 Å². The van der Waals surface area contributed by atoms with Gasteiger partial charge in [0.05, 0.1) is 17.2 Å². The van der Waals surface area contributed by atoms with Crippen LogP contribution in [0.5, 0.6) is 0 Å². The summed E-state index contributed by atoms with van der Waals surface area (Å²) in [7, 11) is 0. The zero-order valence-electron chi connectivity index (χ0n) is 14.4. The van der Waals surface area contributed by atoms with Gasteiger partial charge in [0.1, 0.15) is 0 Å². The topological polar surface area (TPSA) is 108 Å².